The zero-order valence-electron chi connectivity index (χ0n) is 20.8. The Bertz CT molecular complexity index is 990. The molecular weight excluding hydrogens is 444 g/mol. The molecule has 0 bridgehead atoms. The van der Waals surface area contributed by atoms with Crippen LogP contribution in [0, 0.1) is 0 Å². The minimum absolute atomic E-state index is 0.149. The third kappa shape index (κ3) is 7.27. The number of fused-ring (bicyclic) bond motifs is 1. The molecule has 5 heteroatoms. The molecule has 1 aliphatic rings. The molecule has 1 saturated heterocycles. The van der Waals surface area contributed by atoms with E-state index in [9.17, 15) is 5.11 Å². The van der Waals surface area contributed by atoms with Crippen molar-refractivity contribution >= 4 is 22.4 Å². The number of hydrogen-bond acceptors (Lipinski definition) is 4. The van der Waals surface area contributed by atoms with E-state index in [0.29, 0.717) is 0 Å². The Kier molecular flexibility index (Phi) is 10.8. The van der Waals surface area contributed by atoms with Gasteiger partial charge in [0.25, 0.3) is 0 Å². The summed E-state index contributed by atoms with van der Waals surface area (Å²) in [6.45, 7) is 7.30. The topological polar surface area (TPSA) is 35.9 Å². The Morgan fingerprint density at radius 3 is 2.32 bits per heavy atom. The molecular formula is C29H39ClN2O2. The summed E-state index contributed by atoms with van der Waals surface area (Å²) in [5.74, 6) is 0. The van der Waals surface area contributed by atoms with Crippen molar-refractivity contribution in [2.45, 2.75) is 44.9 Å². The van der Waals surface area contributed by atoms with E-state index in [-0.39, 0.29) is 6.04 Å². The molecule has 1 aliphatic heterocycles. The quantitative estimate of drug-likeness (QED) is 0.416. The van der Waals surface area contributed by atoms with Crippen LogP contribution in [0.2, 0.25) is 5.02 Å². The smallest absolute Gasteiger partial charge is 0.0945 e. The molecule has 2 atom stereocenters. The fraction of sp³-hybridized carbons (Fsp3) is 0.448. The van der Waals surface area contributed by atoms with E-state index in [1.165, 1.54) is 5.56 Å². The van der Waals surface area contributed by atoms with Crippen molar-refractivity contribution in [1.82, 2.24) is 9.80 Å². The van der Waals surface area contributed by atoms with Crippen LogP contribution in [-0.4, -0.2) is 61.3 Å². The fourth-order valence-electron chi connectivity index (χ4n) is 4.72. The van der Waals surface area contributed by atoms with Crippen molar-refractivity contribution in [1.29, 1.82) is 0 Å². The molecule has 1 fully saturated rings. The summed E-state index contributed by atoms with van der Waals surface area (Å²) in [7, 11) is 3.25. The van der Waals surface area contributed by atoms with Crippen LogP contribution in [0.1, 0.15) is 43.4 Å². The first kappa shape index (κ1) is 26.7. The number of halogens is 1. The van der Waals surface area contributed by atoms with Gasteiger partial charge in [0.15, 0.2) is 0 Å². The molecule has 0 aromatic heterocycles. The second-order valence-electron chi connectivity index (χ2n) is 9.08. The van der Waals surface area contributed by atoms with Gasteiger partial charge in [-0.05, 0) is 35.1 Å². The van der Waals surface area contributed by atoms with Crippen molar-refractivity contribution in [3.8, 4) is 0 Å². The van der Waals surface area contributed by atoms with Crippen LogP contribution in [0.15, 0.2) is 66.7 Å². The molecule has 4 nitrogen and oxygen atoms in total. The lowest BCUT2D eigenvalue weighted by Gasteiger charge is -2.41. The first-order valence-electron chi connectivity index (χ1n) is 12.3. The summed E-state index contributed by atoms with van der Waals surface area (Å²) >= 11 is 6.34. The van der Waals surface area contributed by atoms with Gasteiger partial charge in [0.2, 0.25) is 0 Å². The predicted octanol–water partition coefficient (Wildman–Crippen LogP) is 6.17. The van der Waals surface area contributed by atoms with Crippen LogP contribution in [0.4, 0.5) is 0 Å². The van der Waals surface area contributed by atoms with Crippen LogP contribution in [-0.2, 0) is 11.3 Å². The number of aliphatic hydroxyl groups is 1. The Hall–Kier alpha value is -1.95. The highest BCUT2D eigenvalue weighted by Gasteiger charge is 2.29. The minimum atomic E-state index is -0.490. The van der Waals surface area contributed by atoms with Gasteiger partial charge in [0, 0.05) is 63.4 Å². The Morgan fingerprint density at radius 1 is 0.941 bits per heavy atom. The van der Waals surface area contributed by atoms with E-state index >= 15 is 0 Å². The maximum absolute atomic E-state index is 11.4. The van der Waals surface area contributed by atoms with E-state index < -0.39 is 6.10 Å². The van der Waals surface area contributed by atoms with Gasteiger partial charge < -0.3 is 9.84 Å². The SMILES string of the molecule is CCCCC(C(O)c1ccc2c(Cl)cccc2c1)N1CCN(Cc2ccccc2)CC1.COC. The van der Waals surface area contributed by atoms with E-state index in [2.05, 4.69) is 63.9 Å². The number of hydrogen-bond donors (Lipinski definition) is 1. The van der Waals surface area contributed by atoms with Gasteiger partial charge in [-0.25, -0.2) is 0 Å². The predicted molar refractivity (Wildman–Crippen MR) is 143 cm³/mol. The van der Waals surface area contributed by atoms with E-state index in [1.807, 2.05) is 24.3 Å². The van der Waals surface area contributed by atoms with Crippen molar-refractivity contribution in [2.24, 2.45) is 0 Å². The summed E-state index contributed by atoms with van der Waals surface area (Å²) in [6, 6.07) is 23.0. The number of benzene rings is 3. The average molecular weight is 483 g/mol. The highest BCUT2D eigenvalue weighted by Crippen LogP contribution is 2.31. The first-order chi connectivity index (χ1) is 16.6. The summed E-state index contributed by atoms with van der Waals surface area (Å²) in [4.78, 5) is 5.02. The molecule has 1 N–H and O–H groups in total. The van der Waals surface area contributed by atoms with Crippen LogP contribution in [0.25, 0.3) is 10.8 Å². The number of rotatable bonds is 8. The standard InChI is InChI=1S/C27H33ClN2O.C2H6O/c1-2-3-12-26(27(31)23-13-14-24-22(19-23)10-7-11-25(24)28)30-17-15-29(16-18-30)20-21-8-5-4-6-9-21;1-3-2/h4-11,13-14,19,26-27,31H,2-3,12,15-18,20H2,1H3;1-2H3. The number of aliphatic hydroxyl groups excluding tert-OH is 1. The monoisotopic (exact) mass is 482 g/mol. The number of nitrogens with zero attached hydrogens (tertiary/aromatic N) is 2. The lowest BCUT2D eigenvalue weighted by molar-refractivity contribution is 0.0113. The molecule has 0 saturated carbocycles. The molecule has 34 heavy (non-hydrogen) atoms. The largest absolute Gasteiger partial charge is 0.388 e. The third-order valence-corrected chi connectivity index (χ3v) is 6.87. The van der Waals surface area contributed by atoms with Gasteiger partial charge >= 0.3 is 0 Å². The Morgan fingerprint density at radius 2 is 1.65 bits per heavy atom. The molecule has 184 valence electrons. The van der Waals surface area contributed by atoms with Gasteiger partial charge in [-0.3, -0.25) is 9.80 Å². The van der Waals surface area contributed by atoms with Crippen molar-refractivity contribution in [3.05, 3.63) is 82.9 Å². The summed E-state index contributed by atoms with van der Waals surface area (Å²) < 4.78 is 4.25. The molecule has 0 amide bonds. The fourth-order valence-corrected chi connectivity index (χ4v) is 4.96. The molecule has 2 unspecified atom stereocenters. The van der Waals surface area contributed by atoms with Gasteiger partial charge in [-0.1, -0.05) is 86.0 Å². The zero-order valence-corrected chi connectivity index (χ0v) is 21.5. The summed E-state index contributed by atoms with van der Waals surface area (Å²) in [6.07, 6.45) is 2.80. The van der Waals surface area contributed by atoms with Crippen LogP contribution in [0.5, 0.6) is 0 Å². The lowest BCUT2D eigenvalue weighted by Crippen LogP contribution is -2.51. The third-order valence-electron chi connectivity index (χ3n) is 6.54. The van der Waals surface area contributed by atoms with Crippen molar-refractivity contribution in [3.63, 3.8) is 0 Å². The second kappa shape index (κ2) is 13.8. The molecule has 4 rings (SSSR count). The molecule has 0 spiro atoms. The van der Waals surface area contributed by atoms with E-state index in [0.717, 1.165) is 73.3 Å². The van der Waals surface area contributed by atoms with E-state index in [1.54, 1.807) is 14.2 Å². The number of methoxy groups -OCH3 is 1. The van der Waals surface area contributed by atoms with Crippen molar-refractivity contribution < 1.29 is 9.84 Å². The number of piperazine rings is 1. The Labute approximate surface area is 210 Å². The van der Waals surface area contributed by atoms with Crippen LogP contribution >= 0.6 is 11.6 Å². The number of unbranched alkanes of at least 4 members (excludes halogenated alkanes) is 1. The maximum Gasteiger partial charge on any atom is 0.0945 e. The van der Waals surface area contributed by atoms with Crippen LogP contribution < -0.4 is 0 Å². The highest BCUT2D eigenvalue weighted by molar-refractivity contribution is 6.35. The first-order valence-corrected chi connectivity index (χ1v) is 12.7. The van der Waals surface area contributed by atoms with Gasteiger partial charge in [0.05, 0.1) is 6.10 Å². The molecule has 3 aromatic rings. The van der Waals surface area contributed by atoms with Crippen LogP contribution in [0.3, 0.4) is 0 Å². The average Bonchev–Trinajstić information content (AvgIpc) is 2.86. The zero-order chi connectivity index (χ0) is 24.3. The normalized spacial score (nSPS) is 16.6. The second-order valence-corrected chi connectivity index (χ2v) is 9.49. The highest BCUT2D eigenvalue weighted by atomic mass is 35.5. The summed E-state index contributed by atoms with van der Waals surface area (Å²) in [5, 5.41) is 14.3. The molecule has 1 heterocycles. The molecule has 3 aromatic carbocycles. The molecule has 0 aliphatic carbocycles. The van der Waals surface area contributed by atoms with Crippen molar-refractivity contribution in [2.75, 3.05) is 40.4 Å². The molecule has 0 radical (unpaired) electrons. The summed E-state index contributed by atoms with van der Waals surface area (Å²) in [5.41, 5.74) is 2.36. The number of ether oxygens (including phenoxy) is 1. The van der Waals surface area contributed by atoms with Gasteiger partial charge in [-0.2, -0.15) is 0 Å². The Balaban J connectivity index is 0.00000103. The van der Waals surface area contributed by atoms with Gasteiger partial charge in [0.1, 0.15) is 0 Å². The maximum atomic E-state index is 11.4. The lowest BCUT2D eigenvalue weighted by atomic mass is 9.94. The van der Waals surface area contributed by atoms with Gasteiger partial charge in [-0.15, -0.1) is 0 Å². The minimum Gasteiger partial charge on any atom is -0.388 e. The van der Waals surface area contributed by atoms with E-state index in [4.69, 9.17) is 11.6 Å².